The minimum Gasteiger partial charge on any atom is -0.493 e. The normalized spacial score (nSPS) is 23.5. The summed E-state index contributed by atoms with van der Waals surface area (Å²) in [5.74, 6) is 5.54. The summed E-state index contributed by atoms with van der Waals surface area (Å²) in [6.07, 6.45) is 20.1. The lowest BCUT2D eigenvalue weighted by molar-refractivity contribution is 0.237. The van der Waals surface area contributed by atoms with Crippen molar-refractivity contribution in [3.63, 3.8) is 0 Å². The number of benzene rings is 2. The zero-order valence-corrected chi connectivity index (χ0v) is 27.0. The molecular formula is C39H60O. The maximum atomic E-state index is 6.50. The molecule has 40 heavy (non-hydrogen) atoms. The van der Waals surface area contributed by atoms with Gasteiger partial charge in [-0.25, -0.2) is 0 Å². The van der Waals surface area contributed by atoms with E-state index in [4.69, 9.17) is 4.74 Å². The van der Waals surface area contributed by atoms with Gasteiger partial charge in [-0.3, -0.25) is 0 Å². The highest BCUT2D eigenvalue weighted by Gasteiger charge is 2.25. The van der Waals surface area contributed by atoms with Gasteiger partial charge in [0.05, 0.1) is 6.61 Å². The largest absolute Gasteiger partial charge is 0.493 e. The lowest BCUT2D eigenvalue weighted by Gasteiger charge is -2.31. The number of hydrogen-bond acceptors (Lipinski definition) is 1. The average Bonchev–Trinajstić information content (AvgIpc) is 3.01. The minimum absolute atomic E-state index is 0.643. The van der Waals surface area contributed by atoms with E-state index in [0.717, 1.165) is 55.3 Å². The third-order valence-electron chi connectivity index (χ3n) is 10.9. The van der Waals surface area contributed by atoms with Gasteiger partial charge in [-0.1, -0.05) is 111 Å². The van der Waals surface area contributed by atoms with Gasteiger partial charge in [-0.15, -0.1) is 0 Å². The molecule has 0 atom stereocenters. The number of ether oxygens (including phenoxy) is 1. The number of rotatable bonds is 13. The van der Waals surface area contributed by atoms with E-state index in [-0.39, 0.29) is 0 Å². The quantitative estimate of drug-likeness (QED) is 0.244. The standard InChI is InChI=1S/C39H60O/c1-7-29(8-2)27-40-39-33(10-4)25-37(26-34(39)11-5)38-23-22-36(24-32(38)9-3)35-20-18-31(19-21-35)17-16-30-14-12-28(6)13-15-30/h22-26,28-31,35H,7-21,27H2,1-6H3. The zero-order chi connectivity index (χ0) is 28.5. The molecule has 222 valence electrons. The van der Waals surface area contributed by atoms with Gasteiger partial charge in [-0.05, 0) is 120 Å². The summed E-state index contributed by atoms with van der Waals surface area (Å²) in [5, 5.41) is 0. The summed E-state index contributed by atoms with van der Waals surface area (Å²) in [4.78, 5) is 0. The third kappa shape index (κ3) is 7.95. The molecule has 0 bridgehead atoms. The summed E-state index contributed by atoms with van der Waals surface area (Å²) in [5.41, 5.74) is 8.66. The predicted molar refractivity (Wildman–Crippen MR) is 175 cm³/mol. The van der Waals surface area contributed by atoms with Crippen LogP contribution in [-0.4, -0.2) is 6.61 Å². The van der Waals surface area contributed by atoms with Crippen LogP contribution in [0, 0.1) is 23.7 Å². The van der Waals surface area contributed by atoms with Crippen LogP contribution in [0.15, 0.2) is 30.3 Å². The Bertz CT molecular complexity index is 1010. The molecule has 2 aromatic carbocycles. The molecule has 2 aromatic rings. The summed E-state index contributed by atoms with van der Waals surface area (Å²) in [7, 11) is 0. The first kappa shape index (κ1) is 31.2. The molecule has 1 heteroatoms. The van der Waals surface area contributed by atoms with Crippen molar-refractivity contribution in [1.29, 1.82) is 0 Å². The van der Waals surface area contributed by atoms with Gasteiger partial charge < -0.3 is 4.74 Å². The van der Waals surface area contributed by atoms with Crippen molar-refractivity contribution >= 4 is 0 Å². The van der Waals surface area contributed by atoms with Crippen LogP contribution < -0.4 is 4.74 Å². The molecule has 2 aliphatic carbocycles. The van der Waals surface area contributed by atoms with E-state index in [1.165, 1.54) is 105 Å². The molecule has 1 nitrogen and oxygen atoms in total. The topological polar surface area (TPSA) is 9.23 Å². The van der Waals surface area contributed by atoms with Crippen LogP contribution in [0.2, 0.25) is 0 Å². The van der Waals surface area contributed by atoms with Crippen LogP contribution in [0.25, 0.3) is 11.1 Å². The van der Waals surface area contributed by atoms with E-state index in [1.54, 1.807) is 5.56 Å². The molecule has 0 spiro atoms. The Balaban J connectivity index is 1.42. The van der Waals surface area contributed by atoms with E-state index in [0.29, 0.717) is 5.92 Å². The highest BCUT2D eigenvalue weighted by molar-refractivity contribution is 5.71. The smallest absolute Gasteiger partial charge is 0.125 e. The number of aryl methyl sites for hydroxylation is 3. The van der Waals surface area contributed by atoms with Gasteiger partial charge >= 0.3 is 0 Å². The van der Waals surface area contributed by atoms with E-state index >= 15 is 0 Å². The summed E-state index contributed by atoms with van der Waals surface area (Å²) >= 11 is 0. The highest BCUT2D eigenvalue weighted by Crippen LogP contribution is 2.41. The third-order valence-corrected chi connectivity index (χ3v) is 10.9. The molecule has 0 N–H and O–H groups in total. The van der Waals surface area contributed by atoms with Gasteiger partial charge in [0, 0.05) is 0 Å². The molecule has 0 heterocycles. The number of hydrogen-bond donors (Lipinski definition) is 0. The van der Waals surface area contributed by atoms with Crippen molar-refractivity contribution < 1.29 is 4.74 Å². The van der Waals surface area contributed by atoms with Gasteiger partial charge in [0.2, 0.25) is 0 Å². The monoisotopic (exact) mass is 544 g/mol. The van der Waals surface area contributed by atoms with Crippen molar-refractivity contribution in [2.75, 3.05) is 6.61 Å². The maximum absolute atomic E-state index is 6.50. The van der Waals surface area contributed by atoms with Crippen LogP contribution in [0.5, 0.6) is 5.75 Å². The molecular weight excluding hydrogens is 484 g/mol. The SMILES string of the molecule is CCc1cc(C2CCC(CCC3CCC(C)CC3)CC2)ccc1-c1cc(CC)c(OCC(CC)CC)c(CC)c1. The Morgan fingerprint density at radius 2 is 1.23 bits per heavy atom. The fraction of sp³-hybridized carbons (Fsp3) is 0.692. The Morgan fingerprint density at radius 1 is 0.675 bits per heavy atom. The van der Waals surface area contributed by atoms with E-state index in [1.807, 2.05) is 0 Å². The van der Waals surface area contributed by atoms with Crippen LogP contribution in [-0.2, 0) is 19.3 Å². The Morgan fingerprint density at radius 3 is 1.75 bits per heavy atom. The van der Waals surface area contributed by atoms with Crippen LogP contribution in [0.3, 0.4) is 0 Å². The predicted octanol–water partition coefficient (Wildman–Crippen LogP) is 11.7. The first-order chi connectivity index (χ1) is 19.5. The zero-order valence-electron chi connectivity index (χ0n) is 27.0. The van der Waals surface area contributed by atoms with Crippen molar-refractivity contribution in [1.82, 2.24) is 0 Å². The Kier molecular flexibility index (Phi) is 12.1. The first-order valence-corrected chi connectivity index (χ1v) is 17.4. The molecule has 0 saturated heterocycles. The molecule has 2 aliphatic rings. The molecule has 0 radical (unpaired) electrons. The van der Waals surface area contributed by atoms with E-state index < -0.39 is 0 Å². The second-order valence-electron chi connectivity index (χ2n) is 13.5. The molecule has 2 fully saturated rings. The van der Waals surface area contributed by atoms with Gasteiger partial charge in [0.15, 0.2) is 0 Å². The van der Waals surface area contributed by atoms with Crippen LogP contribution in [0.1, 0.15) is 147 Å². The molecule has 2 saturated carbocycles. The molecule has 4 rings (SSSR count). The summed E-state index contributed by atoms with van der Waals surface area (Å²) < 4.78 is 6.50. The van der Waals surface area contributed by atoms with E-state index in [9.17, 15) is 0 Å². The maximum Gasteiger partial charge on any atom is 0.125 e. The molecule has 0 aliphatic heterocycles. The lowest BCUT2D eigenvalue weighted by atomic mass is 9.74. The minimum atomic E-state index is 0.643. The average molecular weight is 545 g/mol. The molecule has 0 aromatic heterocycles. The fourth-order valence-electron chi connectivity index (χ4n) is 7.66. The lowest BCUT2D eigenvalue weighted by Crippen LogP contribution is -2.17. The highest BCUT2D eigenvalue weighted by atomic mass is 16.5. The van der Waals surface area contributed by atoms with E-state index in [2.05, 4.69) is 71.9 Å². The van der Waals surface area contributed by atoms with Gasteiger partial charge in [0.1, 0.15) is 5.75 Å². The van der Waals surface area contributed by atoms with Crippen LogP contribution in [0.4, 0.5) is 0 Å². The van der Waals surface area contributed by atoms with Crippen molar-refractivity contribution in [2.24, 2.45) is 23.7 Å². The summed E-state index contributed by atoms with van der Waals surface area (Å²) in [6.45, 7) is 14.7. The van der Waals surface area contributed by atoms with Crippen molar-refractivity contribution in [3.05, 3.63) is 52.6 Å². The molecule has 0 unspecified atom stereocenters. The second kappa shape index (κ2) is 15.5. The first-order valence-electron chi connectivity index (χ1n) is 17.4. The van der Waals surface area contributed by atoms with Crippen molar-refractivity contribution in [2.45, 2.75) is 144 Å². The van der Waals surface area contributed by atoms with Gasteiger partial charge in [-0.2, -0.15) is 0 Å². The van der Waals surface area contributed by atoms with Gasteiger partial charge in [0.25, 0.3) is 0 Å². The molecule has 0 amide bonds. The summed E-state index contributed by atoms with van der Waals surface area (Å²) in [6, 6.07) is 12.3. The second-order valence-corrected chi connectivity index (χ2v) is 13.5. The van der Waals surface area contributed by atoms with Crippen LogP contribution >= 0.6 is 0 Å². The Labute approximate surface area is 247 Å². The Hall–Kier alpha value is -1.76. The fourth-order valence-corrected chi connectivity index (χ4v) is 7.66. The van der Waals surface area contributed by atoms with Crippen molar-refractivity contribution in [3.8, 4) is 16.9 Å².